The fraction of sp³-hybridized carbons (Fsp3) is 0.371. The quantitative estimate of drug-likeness (QED) is 0.158. The third-order valence-corrected chi connectivity index (χ3v) is 8.78. The average Bonchev–Trinajstić information content (AvgIpc) is 3.55. The van der Waals surface area contributed by atoms with E-state index in [9.17, 15) is 9.59 Å². The fourth-order valence-electron chi connectivity index (χ4n) is 6.32. The molecule has 5 N–H and O–H groups in total. The van der Waals surface area contributed by atoms with Crippen LogP contribution in [-0.2, 0) is 22.4 Å². The molecule has 5 rings (SSSR count). The second-order valence-electron chi connectivity index (χ2n) is 12.0. The molecule has 0 aromatic carbocycles. The number of amidine groups is 1. The molecule has 0 radical (unpaired) electrons. The van der Waals surface area contributed by atoms with Crippen molar-refractivity contribution in [2.75, 3.05) is 6.54 Å². The van der Waals surface area contributed by atoms with Gasteiger partial charge in [-0.05, 0) is 116 Å². The molecular formula is C35H42N6O2. The lowest BCUT2D eigenvalue weighted by Gasteiger charge is -2.16. The van der Waals surface area contributed by atoms with E-state index in [1.165, 1.54) is 16.8 Å². The lowest BCUT2D eigenvalue weighted by Crippen LogP contribution is -2.27. The summed E-state index contributed by atoms with van der Waals surface area (Å²) in [6.45, 7) is 11.1. The Hall–Kier alpha value is -4.46. The van der Waals surface area contributed by atoms with Crippen molar-refractivity contribution in [3.63, 3.8) is 0 Å². The van der Waals surface area contributed by atoms with Crippen LogP contribution in [0.3, 0.4) is 0 Å². The van der Waals surface area contributed by atoms with Crippen LogP contribution in [0.2, 0.25) is 0 Å². The molecule has 2 aromatic rings. The summed E-state index contributed by atoms with van der Waals surface area (Å²) in [4.78, 5) is 31.3. The molecule has 1 atom stereocenters. The van der Waals surface area contributed by atoms with Crippen LogP contribution in [0.1, 0.15) is 104 Å². The van der Waals surface area contributed by atoms with E-state index in [1.54, 1.807) is 0 Å². The number of carbonyl (C=O) groups is 2. The van der Waals surface area contributed by atoms with E-state index in [0.29, 0.717) is 44.0 Å². The third kappa shape index (κ3) is 6.33. The minimum absolute atomic E-state index is 0.195. The Balaban J connectivity index is 1.78. The number of nitrogens with one attached hydrogen (secondary N) is 3. The van der Waals surface area contributed by atoms with Gasteiger partial charge in [0, 0.05) is 55.0 Å². The van der Waals surface area contributed by atoms with Gasteiger partial charge >= 0.3 is 0 Å². The summed E-state index contributed by atoms with van der Waals surface area (Å²) < 4.78 is 2.28. The number of carbonyl (C=O) groups excluding carboxylic acids is 2. The zero-order valence-corrected chi connectivity index (χ0v) is 25.9. The number of aromatic nitrogens is 3. The van der Waals surface area contributed by atoms with Gasteiger partial charge in [0.15, 0.2) is 0 Å². The molecule has 0 saturated carbocycles. The van der Waals surface area contributed by atoms with Gasteiger partial charge in [0.1, 0.15) is 6.29 Å². The van der Waals surface area contributed by atoms with Crippen LogP contribution in [0, 0.1) is 12.3 Å². The van der Waals surface area contributed by atoms with Crippen LogP contribution >= 0.6 is 0 Å². The number of hydrogen-bond donors (Lipinski definition) is 4. The number of allylic oxidation sites excluding steroid dienone is 4. The molecule has 2 aromatic heterocycles. The first kappa shape index (κ1) is 30.0. The molecule has 0 aliphatic carbocycles. The van der Waals surface area contributed by atoms with E-state index in [1.807, 2.05) is 0 Å². The number of fused-ring (bicyclic) bond motifs is 5. The van der Waals surface area contributed by atoms with Crippen molar-refractivity contribution in [2.24, 2.45) is 5.73 Å². The maximum absolute atomic E-state index is 11.4. The van der Waals surface area contributed by atoms with Crippen molar-refractivity contribution in [1.29, 1.82) is 5.41 Å². The molecular weight excluding hydrogens is 536 g/mol. The van der Waals surface area contributed by atoms with Crippen LogP contribution in [0.4, 0.5) is 0 Å². The predicted octanol–water partition coefficient (Wildman–Crippen LogP) is 6.30. The van der Waals surface area contributed by atoms with Gasteiger partial charge < -0.3 is 25.2 Å². The molecule has 0 saturated heterocycles. The number of nitrogens with two attached hydrogens (primary N) is 1. The third-order valence-electron chi connectivity index (χ3n) is 8.78. The van der Waals surface area contributed by atoms with E-state index >= 15 is 0 Å². The van der Waals surface area contributed by atoms with Gasteiger partial charge in [0.25, 0.3) is 0 Å². The van der Waals surface area contributed by atoms with Crippen LogP contribution in [-0.4, -0.2) is 38.9 Å². The summed E-state index contributed by atoms with van der Waals surface area (Å²) in [6, 6.07) is 6.61. The number of amides is 1. The molecule has 3 aliphatic rings. The first-order chi connectivity index (χ1) is 20.5. The number of nitrogens with zero attached hydrogens (tertiary/aromatic N) is 2. The maximum atomic E-state index is 11.4. The van der Waals surface area contributed by atoms with E-state index in [4.69, 9.17) is 16.1 Å². The van der Waals surface area contributed by atoms with Crippen LogP contribution in [0.15, 0.2) is 35.5 Å². The van der Waals surface area contributed by atoms with Crippen molar-refractivity contribution in [3.8, 4) is 0 Å². The van der Waals surface area contributed by atoms with Gasteiger partial charge in [-0.25, -0.2) is 4.98 Å². The molecule has 3 aliphatic heterocycles. The van der Waals surface area contributed by atoms with Gasteiger partial charge in [-0.1, -0.05) is 6.92 Å². The van der Waals surface area contributed by atoms with Crippen molar-refractivity contribution in [2.45, 2.75) is 79.1 Å². The van der Waals surface area contributed by atoms with E-state index in [0.717, 1.165) is 68.8 Å². The van der Waals surface area contributed by atoms with Crippen molar-refractivity contribution < 1.29 is 9.59 Å². The normalized spacial score (nSPS) is 18.8. The van der Waals surface area contributed by atoms with Crippen LogP contribution < -0.4 is 11.1 Å². The molecule has 1 amide bonds. The number of primary amides is 1. The molecule has 5 heterocycles. The summed E-state index contributed by atoms with van der Waals surface area (Å²) in [7, 11) is 0. The summed E-state index contributed by atoms with van der Waals surface area (Å²) in [5.41, 5.74) is 19.7. The van der Waals surface area contributed by atoms with E-state index in [-0.39, 0.29) is 12.3 Å². The maximum Gasteiger partial charge on any atom is 0.219 e. The molecule has 6 bridgehead atoms. The Labute approximate surface area is 253 Å². The number of hydrogen-bond acceptors (Lipinski definition) is 4. The van der Waals surface area contributed by atoms with Gasteiger partial charge in [-0.15, -0.1) is 0 Å². The number of aryl methyl sites for hydroxylation is 1. The fourth-order valence-corrected chi connectivity index (χ4v) is 6.32. The highest BCUT2D eigenvalue weighted by Crippen LogP contribution is 2.35. The summed E-state index contributed by atoms with van der Waals surface area (Å²) >= 11 is 0. The second kappa shape index (κ2) is 12.4. The molecule has 8 heteroatoms. The zero-order valence-electron chi connectivity index (χ0n) is 25.9. The number of aromatic amines is 1. The molecule has 0 spiro atoms. The van der Waals surface area contributed by atoms with Gasteiger partial charge in [0.05, 0.1) is 22.7 Å². The monoisotopic (exact) mass is 578 g/mol. The minimum Gasteiger partial charge on any atom is -0.373 e. The molecule has 8 nitrogen and oxygen atoms in total. The Kier molecular flexibility index (Phi) is 8.67. The zero-order chi connectivity index (χ0) is 30.8. The van der Waals surface area contributed by atoms with Crippen molar-refractivity contribution in [3.05, 3.63) is 80.7 Å². The standard InChI is InChI=1S/C35H42N6O2/c1-20-15-33-29(8-9-34(36)38-11-10-35(37)43)24(5)32-18-31-22(3)14-27(40-31)17-30-21(2)13-26(39-30)16-25(19-41(32)33)23(4)28(20)7-6-12-42/h12,14-19,21,39H,6-11,13H2,1-5H3,(H2,36,38)(H2,37,43)/b20-15+,25-19?,26-16?,28-23-,30-17?,31-18?. The van der Waals surface area contributed by atoms with Gasteiger partial charge in [0.2, 0.25) is 5.91 Å². The Morgan fingerprint density at radius 2 is 1.93 bits per heavy atom. The van der Waals surface area contributed by atoms with E-state index in [2.05, 4.69) is 85.9 Å². The number of rotatable bonds is 9. The largest absolute Gasteiger partial charge is 0.373 e. The summed E-state index contributed by atoms with van der Waals surface area (Å²) in [5, 5.41) is 11.5. The average molecular weight is 579 g/mol. The highest BCUT2D eigenvalue weighted by molar-refractivity contribution is 5.85. The predicted molar refractivity (Wildman–Crippen MR) is 175 cm³/mol. The first-order valence-electron chi connectivity index (χ1n) is 15.1. The minimum atomic E-state index is -0.384. The molecule has 0 fully saturated rings. The van der Waals surface area contributed by atoms with Crippen molar-refractivity contribution in [1.82, 2.24) is 19.7 Å². The van der Waals surface area contributed by atoms with Gasteiger partial charge in [-0.2, -0.15) is 0 Å². The highest BCUT2D eigenvalue weighted by Gasteiger charge is 2.21. The van der Waals surface area contributed by atoms with Crippen LogP contribution in [0.25, 0.3) is 28.8 Å². The topological polar surface area (TPSA) is 129 Å². The molecule has 43 heavy (non-hydrogen) atoms. The summed E-state index contributed by atoms with van der Waals surface area (Å²) in [6.07, 6.45) is 11.0. The SMILES string of the molecule is CC1=Cc2cc3[nH]c(cc4cn5c(c(CCC(=N)NCCC(N)=O)c(C)c5cc1n2)/C=C(C)/C(CCC=O)=C\4C)CC3C. The first-order valence-corrected chi connectivity index (χ1v) is 15.1. The lowest BCUT2D eigenvalue weighted by molar-refractivity contribution is -0.117. The smallest absolute Gasteiger partial charge is 0.219 e. The van der Waals surface area contributed by atoms with Crippen molar-refractivity contribution >= 4 is 46.8 Å². The molecule has 1 unspecified atom stereocenters. The number of aldehydes is 1. The van der Waals surface area contributed by atoms with Crippen LogP contribution in [0.5, 0.6) is 0 Å². The van der Waals surface area contributed by atoms with E-state index < -0.39 is 0 Å². The second-order valence-corrected chi connectivity index (χ2v) is 12.0. The summed E-state index contributed by atoms with van der Waals surface area (Å²) in [5.74, 6) is 0.349. The molecule has 224 valence electrons. The Bertz CT molecular complexity index is 1750. The van der Waals surface area contributed by atoms with Gasteiger partial charge in [-0.3, -0.25) is 10.2 Å². The Morgan fingerprint density at radius 1 is 1.14 bits per heavy atom. The number of H-pyrrole nitrogens is 1. The Morgan fingerprint density at radius 3 is 2.67 bits per heavy atom. The lowest BCUT2D eigenvalue weighted by atomic mass is 9.91. The highest BCUT2D eigenvalue weighted by atomic mass is 16.1.